The lowest BCUT2D eigenvalue weighted by atomic mass is 10.1. The molecule has 5 rings (SSSR count). The van der Waals surface area contributed by atoms with Crippen molar-refractivity contribution in [1.29, 1.82) is 0 Å². The Morgan fingerprint density at radius 3 is 2.85 bits per heavy atom. The first-order valence-electron chi connectivity index (χ1n) is 8.95. The average Bonchev–Trinajstić information content (AvgIpc) is 3.35. The molecular formula is C20H18N6O. The monoisotopic (exact) mass is 358 g/mol. The highest BCUT2D eigenvalue weighted by Crippen LogP contribution is 2.28. The Bertz CT molecular complexity index is 1130. The molecule has 0 saturated carbocycles. The highest BCUT2D eigenvalue weighted by atomic mass is 16.2. The van der Waals surface area contributed by atoms with Gasteiger partial charge in [-0.15, -0.1) is 0 Å². The molecule has 1 N–H and O–H groups in total. The van der Waals surface area contributed by atoms with Gasteiger partial charge in [-0.25, -0.2) is 14.6 Å². The maximum absolute atomic E-state index is 13.1. The number of nitrogens with one attached hydrogen (secondary N) is 1. The van der Waals surface area contributed by atoms with Crippen LogP contribution in [0.4, 0.5) is 0 Å². The van der Waals surface area contributed by atoms with Gasteiger partial charge in [-0.2, -0.15) is 5.10 Å². The molecule has 0 radical (unpaired) electrons. The number of rotatable bonds is 2. The van der Waals surface area contributed by atoms with Crippen molar-refractivity contribution >= 4 is 16.9 Å². The average molecular weight is 358 g/mol. The predicted molar refractivity (Wildman–Crippen MR) is 101 cm³/mol. The molecule has 27 heavy (non-hydrogen) atoms. The maximum Gasteiger partial charge on any atom is 0.254 e. The van der Waals surface area contributed by atoms with E-state index in [2.05, 4.69) is 15.1 Å². The zero-order valence-corrected chi connectivity index (χ0v) is 14.8. The summed E-state index contributed by atoms with van der Waals surface area (Å²) in [5.74, 6) is 1.51. The molecular weight excluding hydrogens is 340 g/mol. The molecule has 134 valence electrons. The summed E-state index contributed by atoms with van der Waals surface area (Å²) in [6.45, 7) is 3.24. The van der Waals surface area contributed by atoms with Gasteiger partial charge in [0.1, 0.15) is 5.82 Å². The summed E-state index contributed by atoms with van der Waals surface area (Å²) >= 11 is 0. The minimum atomic E-state index is -0.145. The molecule has 1 aliphatic heterocycles. The lowest BCUT2D eigenvalue weighted by molar-refractivity contribution is 0.0631. The van der Waals surface area contributed by atoms with Crippen LogP contribution in [0.5, 0.6) is 0 Å². The normalized spacial score (nSPS) is 16.5. The molecule has 2 aromatic carbocycles. The van der Waals surface area contributed by atoms with Gasteiger partial charge in [-0.3, -0.25) is 4.79 Å². The van der Waals surface area contributed by atoms with Crippen molar-refractivity contribution in [3.8, 4) is 11.4 Å². The van der Waals surface area contributed by atoms with Crippen LogP contribution in [0.25, 0.3) is 22.4 Å². The highest BCUT2D eigenvalue weighted by molar-refractivity contribution is 5.97. The van der Waals surface area contributed by atoms with E-state index < -0.39 is 0 Å². The summed E-state index contributed by atoms with van der Waals surface area (Å²) < 4.78 is 1.91. The minimum Gasteiger partial charge on any atom is -0.345 e. The fourth-order valence-corrected chi connectivity index (χ4v) is 3.58. The number of fused-ring (bicyclic) bond motifs is 2. The van der Waals surface area contributed by atoms with E-state index in [9.17, 15) is 4.79 Å². The Balaban J connectivity index is 1.46. The van der Waals surface area contributed by atoms with E-state index in [0.29, 0.717) is 24.5 Å². The first kappa shape index (κ1) is 15.7. The number of carbonyl (C=O) groups excluding carboxylic acids is 1. The minimum absolute atomic E-state index is 0.00508. The number of nitrogens with zero attached hydrogens (tertiary/aromatic N) is 5. The van der Waals surface area contributed by atoms with Gasteiger partial charge in [0.25, 0.3) is 5.91 Å². The van der Waals surface area contributed by atoms with E-state index >= 15 is 0 Å². The van der Waals surface area contributed by atoms with Crippen molar-refractivity contribution in [3.05, 3.63) is 66.2 Å². The molecule has 1 amide bonds. The Hall–Kier alpha value is -3.48. The standard InChI is InChI=1S/C20H18N6O/c1-13-19-23-18(14-5-3-2-4-6-14)24-26(19)10-9-25(13)20(27)15-7-8-16-17(11-15)22-12-21-16/h2-8,11-13H,9-10H2,1H3,(H,21,22)/t13-/m0/s1. The van der Waals surface area contributed by atoms with Gasteiger partial charge in [0, 0.05) is 17.7 Å². The van der Waals surface area contributed by atoms with Gasteiger partial charge in [0.15, 0.2) is 5.82 Å². The molecule has 7 nitrogen and oxygen atoms in total. The highest BCUT2D eigenvalue weighted by Gasteiger charge is 2.31. The molecule has 2 aromatic heterocycles. The number of benzene rings is 2. The Labute approximate surface area is 155 Å². The van der Waals surface area contributed by atoms with E-state index in [1.807, 2.05) is 65.0 Å². The second kappa shape index (κ2) is 6.05. The zero-order chi connectivity index (χ0) is 18.4. The lowest BCUT2D eigenvalue weighted by Gasteiger charge is -2.33. The van der Waals surface area contributed by atoms with Crippen LogP contribution in [0, 0.1) is 0 Å². The van der Waals surface area contributed by atoms with Gasteiger partial charge in [-0.05, 0) is 25.1 Å². The molecule has 0 fully saturated rings. The fourth-order valence-electron chi connectivity index (χ4n) is 3.58. The number of aromatic nitrogens is 5. The first-order chi connectivity index (χ1) is 13.2. The van der Waals surface area contributed by atoms with E-state index in [0.717, 1.165) is 22.4 Å². The fraction of sp³-hybridized carbons (Fsp3) is 0.200. The van der Waals surface area contributed by atoms with Crippen molar-refractivity contribution in [2.75, 3.05) is 6.54 Å². The van der Waals surface area contributed by atoms with Crippen LogP contribution in [0.1, 0.15) is 29.1 Å². The maximum atomic E-state index is 13.1. The molecule has 1 atom stereocenters. The van der Waals surface area contributed by atoms with Crippen LogP contribution in [0.2, 0.25) is 0 Å². The Morgan fingerprint density at radius 1 is 1.15 bits per heavy atom. The van der Waals surface area contributed by atoms with Gasteiger partial charge in [0.05, 0.1) is 29.9 Å². The second-order valence-corrected chi connectivity index (χ2v) is 6.69. The molecule has 0 unspecified atom stereocenters. The number of imidazole rings is 1. The summed E-state index contributed by atoms with van der Waals surface area (Å²) in [6.07, 6.45) is 1.63. The molecule has 3 heterocycles. The summed E-state index contributed by atoms with van der Waals surface area (Å²) in [4.78, 5) is 26.9. The number of aromatic amines is 1. The third kappa shape index (κ3) is 2.59. The number of amides is 1. The molecule has 0 bridgehead atoms. The van der Waals surface area contributed by atoms with Crippen LogP contribution in [-0.2, 0) is 6.54 Å². The molecule has 0 spiro atoms. The van der Waals surface area contributed by atoms with Crippen molar-refractivity contribution in [3.63, 3.8) is 0 Å². The van der Waals surface area contributed by atoms with Crippen LogP contribution < -0.4 is 0 Å². The third-order valence-electron chi connectivity index (χ3n) is 5.05. The molecule has 1 aliphatic rings. The second-order valence-electron chi connectivity index (χ2n) is 6.69. The van der Waals surface area contributed by atoms with E-state index in [1.54, 1.807) is 6.33 Å². The largest absolute Gasteiger partial charge is 0.345 e. The molecule has 0 aliphatic carbocycles. The van der Waals surface area contributed by atoms with Crippen molar-refractivity contribution in [2.45, 2.75) is 19.5 Å². The predicted octanol–water partition coefficient (Wildman–Crippen LogP) is 3.04. The number of carbonyl (C=O) groups is 1. The van der Waals surface area contributed by atoms with Gasteiger partial charge < -0.3 is 9.88 Å². The summed E-state index contributed by atoms with van der Waals surface area (Å²) in [7, 11) is 0. The number of H-pyrrole nitrogens is 1. The smallest absolute Gasteiger partial charge is 0.254 e. The van der Waals surface area contributed by atoms with Crippen LogP contribution >= 0.6 is 0 Å². The summed E-state index contributed by atoms with van der Waals surface area (Å²) in [5.41, 5.74) is 3.34. The summed E-state index contributed by atoms with van der Waals surface area (Å²) in [6, 6.07) is 15.3. The zero-order valence-electron chi connectivity index (χ0n) is 14.8. The number of hydrogen-bond donors (Lipinski definition) is 1. The topological polar surface area (TPSA) is 79.7 Å². The quantitative estimate of drug-likeness (QED) is 0.597. The van der Waals surface area contributed by atoms with Crippen LogP contribution in [0.3, 0.4) is 0 Å². The lowest BCUT2D eigenvalue weighted by Crippen LogP contribution is -2.41. The summed E-state index contributed by atoms with van der Waals surface area (Å²) in [5, 5.41) is 4.63. The van der Waals surface area contributed by atoms with Crippen molar-refractivity contribution in [1.82, 2.24) is 29.6 Å². The van der Waals surface area contributed by atoms with Crippen molar-refractivity contribution < 1.29 is 4.79 Å². The van der Waals surface area contributed by atoms with E-state index in [4.69, 9.17) is 4.98 Å². The van der Waals surface area contributed by atoms with E-state index in [1.165, 1.54) is 0 Å². The van der Waals surface area contributed by atoms with Gasteiger partial charge in [-0.1, -0.05) is 30.3 Å². The van der Waals surface area contributed by atoms with Gasteiger partial charge in [0.2, 0.25) is 0 Å². The Kier molecular flexibility index (Phi) is 3.53. The number of hydrogen-bond acceptors (Lipinski definition) is 4. The molecule has 4 aromatic rings. The molecule has 0 saturated heterocycles. The third-order valence-corrected chi connectivity index (χ3v) is 5.05. The Morgan fingerprint density at radius 2 is 2.00 bits per heavy atom. The van der Waals surface area contributed by atoms with Crippen molar-refractivity contribution in [2.24, 2.45) is 0 Å². The molecule has 7 heteroatoms. The van der Waals surface area contributed by atoms with Gasteiger partial charge >= 0.3 is 0 Å². The first-order valence-corrected chi connectivity index (χ1v) is 8.95. The SMILES string of the molecule is C[C@H]1c2nc(-c3ccccc3)nn2CCN1C(=O)c1ccc2nc[nH]c2c1. The van der Waals surface area contributed by atoms with Crippen LogP contribution in [-0.4, -0.2) is 42.1 Å². The van der Waals surface area contributed by atoms with Crippen LogP contribution in [0.15, 0.2) is 54.9 Å². The van der Waals surface area contributed by atoms with E-state index in [-0.39, 0.29) is 11.9 Å².